The first-order valence-corrected chi connectivity index (χ1v) is 13.0. The fraction of sp³-hybridized carbons (Fsp3) is 0.207. The lowest BCUT2D eigenvalue weighted by Gasteiger charge is -2.17. The first-order valence-electron chi connectivity index (χ1n) is 11.8. The van der Waals surface area contributed by atoms with Crippen molar-refractivity contribution in [1.82, 2.24) is 4.90 Å². The molecular weight excluding hydrogens is 510 g/mol. The molecule has 0 atom stereocenters. The maximum atomic E-state index is 12.9. The molecule has 2 amide bonds. The average Bonchev–Trinajstić information content (AvgIpc) is 3.11. The van der Waals surface area contributed by atoms with Crippen LogP contribution in [0, 0.1) is 6.92 Å². The van der Waals surface area contributed by atoms with E-state index in [1.54, 1.807) is 54.6 Å². The van der Waals surface area contributed by atoms with Crippen molar-refractivity contribution in [3.8, 4) is 11.5 Å². The third-order valence-electron chi connectivity index (χ3n) is 5.70. The molecule has 0 spiro atoms. The number of thioether (sulfide) groups is 1. The van der Waals surface area contributed by atoms with E-state index in [-0.39, 0.29) is 40.7 Å². The number of esters is 1. The van der Waals surface area contributed by atoms with Crippen molar-refractivity contribution < 1.29 is 23.9 Å². The number of ether oxygens (including phenoxy) is 2. The van der Waals surface area contributed by atoms with Crippen LogP contribution in [0.5, 0.6) is 11.5 Å². The van der Waals surface area contributed by atoms with Gasteiger partial charge < -0.3 is 9.47 Å². The lowest BCUT2D eigenvalue weighted by molar-refractivity contribution is -0.123. The van der Waals surface area contributed by atoms with E-state index in [9.17, 15) is 14.4 Å². The van der Waals surface area contributed by atoms with Crippen molar-refractivity contribution >= 4 is 46.6 Å². The Kier molecular flexibility index (Phi) is 8.36. The summed E-state index contributed by atoms with van der Waals surface area (Å²) in [6.07, 6.45) is 1.61. The van der Waals surface area contributed by atoms with E-state index in [0.717, 1.165) is 28.6 Å². The van der Waals surface area contributed by atoms with Crippen LogP contribution in [0.3, 0.4) is 0 Å². The van der Waals surface area contributed by atoms with E-state index >= 15 is 0 Å². The topological polar surface area (TPSA) is 72.9 Å². The summed E-state index contributed by atoms with van der Waals surface area (Å²) in [5, 5.41) is -0.0568. The lowest BCUT2D eigenvalue weighted by atomic mass is 10.0. The molecule has 1 heterocycles. The van der Waals surface area contributed by atoms with Crippen LogP contribution in [-0.4, -0.2) is 35.2 Å². The van der Waals surface area contributed by atoms with Crippen LogP contribution >= 0.6 is 23.4 Å². The Labute approximate surface area is 225 Å². The number of aryl methyl sites for hydroxylation is 1. The van der Waals surface area contributed by atoms with Crippen LogP contribution in [0.25, 0.3) is 6.08 Å². The van der Waals surface area contributed by atoms with Crippen LogP contribution < -0.4 is 9.47 Å². The summed E-state index contributed by atoms with van der Waals surface area (Å²) < 4.78 is 11.4. The van der Waals surface area contributed by atoms with E-state index in [2.05, 4.69) is 13.8 Å². The molecule has 0 unspecified atom stereocenters. The van der Waals surface area contributed by atoms with Gasteiger partial charge in [-0.1, -0.05) is 61.8 Å². The highest BCUT2D eigenvalue weighted by molar-refractivity contribution is 8.18. The number of hydrogen-bond acceptors (Lipinski definition) is 6. The van der Waals surface area contributed by atoms with Crippen LogP contribution in [0.15, 0.2) is 71.6 Å². The Hall–Kier alpha value is -3.55. The molecule has 0 aliphatic carbocycles. The van der Waals surface area contributed by atoms with Gasteiger partial charge in [0.05, 0.1) is 22.0 Å². The number of halogens is 1. The second kappa shape index (κ2) is 11.7. The standard InChI is InChI=1S/C29H26ClNO5S/c1-18(2)22-12-11-19(3)15-25(22)35-14-13-31-27(32)26(37-29(31)34)17-20-7-6-8-21(16-20)36-28(33)23-9-4-5-10-24(23)30/h4-12,15-18H,13-14H2,1-3H3/b26-17-. The molecule has 4 rings (SSSR count). The van der Waals surface area contributed by atoms with Crippen molar-refractivity contribution in [1.29, 1.82) is 0 Å². The van der Waals surface area contributed by atoms with Gasteiger partial charge >= 0.3 is 5.97 Å². The maximum absolute atomic E-state index is 12.9. The van der Waals surface area contributed by atoms with Gasteiger partial charge in [0, 0.05) is 0 Å². The minimum atomic E-state index is -0.586. The number of amides is 2. The first kappa shape index (κ1) is 26.5. The Balaban J connectivity index is 1.41. The minimum absolute atomic E-state index is 0.142. The molecule has 0 bridgehead atoms. The highest BCUT2D eigenvalue weighted by atomic mass is 35.5. The SMILES string of the molecule is Cc1ccc(C(C)C)c(OCCN2C(=O)S/C(=C\c3cccc(OC(=O)c4ccccc4Cl)c3)C2=O)c1. The van der Waals surface area contributed by atoms with Crippen LogP contribution in [0.2, 0.25) is 5.02 Å². The molecule has 37 heavy (non-hydrogen) atoms. The number of rotatable bonds is 8. The molecule has 1 saturated heterocycles. The monoisotopic (exact) mass is 535 g/mol. The van der Waals surface area contributed by atoms with Crippen LogP contribution in [-0.2, 0) is 4.79 Å². The van der Waals surface area contributed by atoms with Gasteiger partial charge in [0.1, 0.15) is 18.1 Å². The molecule has 190 valence electrons. The zero-order valence-electron chi connectivity index (χ0n) is 20.7. The van der Waals surface area contributed by atoms with Crippen molar-refractivity contribution in [3.05, 3.63) is 98.9 Å². The van der Waals surface area contributed by atoms with Gasteiger partial charge in [-0.15, -0.1) is 0 Å². The van der Waals surface area contributed by atoms with E-state index in [1.165, 1.54) is 4.90 Å². The smallest absolute Gasteiger partial charge is 0.345 e. The van der Waals surface area contributed by atoms with Gasteiger partial charge in [0.25, 0.3) is 11.1 Å². The Bertz CT molecular complexity index is 1380. The predicted molar refractivity (Wildman–Crippen MR) is 146 cm³/mol. The molecule has 0 N–H and O–H groups in total. The summed E-state index contributed by atoms with van der Waals surface area (Å²) in [5.41, 5.74) is 3.03. The molecule has 6 nitrogen and oxygen atoms in total. The zero-order chi connectivity index (χ0) is 26.5. The molecule has 3 aromatic carbocycles. The van der Waals surface area contributed by atoms with Crippen molar-refractivity contribution in [3.63, 3.8) is 0 Å². The summed E-state index contributed by atoms with van der Waals surface area (Å²) in [7, 11) is 0. The van der Waals surface area contributed by atoms with Crippen molar-refractivity contribution in [2.75, 3.05) is 13.2 Å². The van der Waals surface area contributed by atoms with Gasteiger partial charge in [0.2, 0.25) is 0 Å². The number of hydrogen-bond donors (Lipinski definition) is 0. The van der Waals surface area contributed by atoms with Crippen LogP contribution in [0.1, 0.15) is 46.8 Å². The number of benzene rings is 3. The summed E-state index contributed by atoms with van der Waals surface area (Å²) in [5.74, 6) is 0.379. The molecule has 0 aromatic heterocycles. The molecule has 1 fully saturated rings. The molecule has 0 saturated carbocycles. The molecule has 1 aliphatic heterocycles. The van der Waals surface area contributed by atoms with Gasteiger partial charge in [-0.2, -0.15) is 0 Å². The molecular formula is C29H26ClNO5S. The Morgan fingerprint density at radius 1 is 1.05 bits per heavy atom. The molecule has 0 radical (unpaired) electrons. The highest BCUT2D eigenvalue weighted by Crippen LogP contribution is 2.33. The fourth-order valence-corrected chi connectivity index (χ4v) is 4.87. The van der Waals surface area contributed by atoms with Gasteiger partial charge in [-0.05, 0) is 77.7 Å². The third kappa shape index (κ3) is 6.42. The first-order chi connectivity index (χ1) is 17.7. The Morgan fingerprint density at radius 3 is 2.59 bits per heavy atom. The largest absolute Gasteiger partial charge is 0.491 e. The number of nitrogens with zero attached hydrogens (tertiary/aromatic N) is 1. The third-order valence-corrected chi connectivity index (χ3v) is 6.93. The molecule has 3 aromatic rings. The van der Waals surface area contributed by atoms with Gasteiger partial charge in [-0.25, -0.2) is 4.79 Å². The quantitative estimate of drug-likeness (QED) is 0.174. The summed E-state index contributed by atoms with van der Waals surface area (Å²) >= 11 is 6.95. The van der Waals surface area contributed by atoms with E-state index in [4.69, 9.17) is 21.1 Å². The second-order valence-electron chi connectivity index (χ2n) is 8.82. The maximum Gasteiger partial charge on any atom is 0.345 e. The predicted octanol–water partition coefficient (Wildman–Crippen LogP) is 7.11. The van der Waals surface area contributed by atoms with Crippen LogP contribution in [0.4, 0.5) is 4.79 Å². The van der Waals surface area contributed by atoms with Gasteiger partial charge in [-0.3, -0.25) is 14.5 Å². The summed E-state index contributed by atoms with van der Waals surface area (Å²) in [6.45, 7) is 6.51. The Morgan fingerprint density at radius 2 is 1.84 bits per heavy atom. The normalized spacial score (nSPS) is 14.5. The number of carbonyl (C=O) groups excluding carboxylic acids is 3. The van der Waals surface area contributed by atoms with Crippen molar-refractivity contribution in [2.45, 2.75) is 26.7 Å². The van der Waals surface area contributed by atoms with Gasteiger partial charge in [0.15, 0.2) is 0 Å². The molecule has 1 aliphatic rings. The summed E-state index contributed by atoms with van der Waals surface area (Å²) in [6, 6.07) is 19.4. The zero-order valence-corrected chi connectivity index (χ0v) is 22.3. The fourth-order valence-electron chi connectivity index (χ4n) is 3.79. The number of imide groups is 1. The average molecular weight is 536 g/mol. The highest BCUT2D eigenvalue weighted by Gasteiger charge is 2.34. The lowest BCUT2D eigenvalue weighted by Crippen LogP contribution is -2.32. The molecule has 8 heteroatoms. The van der Waals surface area contributed by atoms with E-state index in [0.29, 0.717) is 16.3 Å². The summed E-state index contributed by atoms with van der Waals surface area (Å²) in [4.78, 5) is 39.4. The van der Waals surface area contributed by atoms with Crippen molar-refractivity contribution in [2.24, 2.45) is 0 Å². The van der Waals surface area contributed by atoms with E-state index < -0.39 is 5.97 Å². The minimum Gasteiger partial charge on any atom is -0.491 e. The second-order valence-corrected chi connectivity index (χ2v) is 10.2. The number of carbonyl (C=O) groups is 3. The van der Waals surface area contributed by atoms with E-state index in [1.807, 2.05) is 25.1 Å².